The molecule has 7 nitrogen and oxygen atoms in total. The second-order valence-corrected chi connectivity index (χ2v) is 6.32. The standard InChI is InChI=1S/C18H25N5O2/c1-15(14-23-7-3-6-20-23)13-19-18(24)21-16-4-2-5-17(12-16)22-8-10-25-11-9-22/h2-7,12,15H,8-11,13-14H2,1H3,(H2,19,21,24). The van der Waals surface area contributed by atoms with E-state index in [9.17, 15) is 4.79 Å². The number of carbonyl (C=O) groups is 1. The average Bonchev–Trinajstić information content (AvgIpc) is 3.14. The van der Waals surface area contributed by atoms with Gasteiger partial charge in [0.2, 0.25) is 0 Å². The predicted octanol–water partition coefficient (Wildman–Crippen LogP) is 2.18. The number of morpholine rings is 1. The first-order chi connectivity index (χ1) is 12.2. The monoisotopic (exact) mass is 343 g/mol. The second kappa shape index (κ2) is 8.53. The van der Waals surface area contributed by atoms with Gasteiger partial charge in [-0.1, -0.05) is 13.0 Å². The van der Waals surface area contributed by atoms with E-state index < -0.39 is 0 Å². The van der Waals surface area contributed by atoms with Crippen molar-refractivity contribution in [3.63, 3.8) is 0 Å². The molecule has 2 amide bonds. The minimum Gasteiger partial charge on any atom is -0.378 e. The van der Waals surface area contributed by atoms with E-state index in [2.05, 4.69) is 33.6 Å². The second-order valence-electron chi connectivity index (χ2n) is 6.32. The van der Waals surface area contributed by atoms with Gasteiger partial charge in [-0.3, -0.25) is 4.68 Å². The SMILES string of the molecule is CC(CNC(=O)Nc1cccc(N2CCOCC2)c1)Cn1cccn1. The van der Waals surface area contributed by atoms with Crippen molar-refractivity contribution in [2.24, 2.45) is 5.92 Å². The molecular formula is C18H25N5O2. The van der Waals surface area contributed by atoms with Crippen LogP contribution in [0.15, 0.2) is 42.7 Å². The quantitative estimate of drug-likeness (QED) is 0.843. The van der Waals surface area contributed by atoms with Crippen LogP contribution in [0, 0.1) is 5.92 Å². The summed E-state index contributed by atoms with van der Waals surface area (Å²) in [5, 5.41) is 10.0. The van der Waals surface area contributed by atoms with Gasteiger partial charge in [0.1, 0.15) is 0 Å². The van der Waals surface area contributed by atoms with Crippen LogP contribution in [0.25, 0.3) is 0 Å². The van der Waals surface area contributed by atoms with E-state index >= 15 is 0 Å². The summed E-state index contributed by atoms with van der Waals surface area (Å²) in [7, 11) is 0. The molecule has 1 aromatic carbocycles. The number of anilines is 2. The maximum Gasteiger partial charge on any atom is 0.319 e. The molecule has 2 N–H and O–H groups in total. The van der Waals surface area contributed by atoms with Crippen LogP contribution in [0.1, 0.15) is 6.92 Å². The maximum atomic E-state index is 12.1. The van der Waals surface area contributed by atoms with E-state index in [1.807, 2.05) is 35.1 Å². The van der Waals surface area contributed by atoms with E-state index in [4.69, 9.17) is 4.74 Å². The van der Waals surface area contributed by atoms with Crippen LogP contribution < -0.4 is 15.5 Å². The fraction of sp³-hybridized carbons (Fsp3) is 0.444. The van der Waals surface area contributed by atoms with Crippen LogP contribution in [0.3, 0.4) is 0 Å². The van der Waals surface area contributed by atoms with Gasteiger partial charge in [0.25, 0.3) is 0 Å². The lowest BCUT2D eigenvalue weighted by Crippen LogP contribution is -2.36. The smallest absolute Gasteiger partial charge is 0.319 e. The topological polar surface area (TPSA) is 71.4 Å². The highest BCUT2D eigenvalue weighted by atomic mass is 16.5. The first-order valence-electron chi connectivity index (χ1n) is 8.66. The minimum absolute atomic E-state index is 0.188. The van der Waals surface area contributed by atoms with Crippen molar-refractivity contribution in [1.29, 1.82) is 0 Å². The molecule has 0 aliphatic carbocycles. The van der Waals surface area contributed by atoms with E-state index in [-0.39, 0.29) is 6.03 Å². The Kier molecular flexibility index (Phi) is 5.90. The summed E-state index contributed by atoms with van der Waals surface area (Å²) in [5.41, 5.74) is 1.90. The third-order valence-electron chi connectivity index (χ3n) is 4.15. The van der Waals surface area contributed by atoms with Crippen molar-refractivity contribution in [1.82, 2.24) is 15.1 Å². The predicted molar refractivity (Wildman–Crippen MR) is 97.9 cm³/mol. The van der Waals surface area contributed by atoms with Crippen LogP contribution in [0.2, 0.25) is 0 Å². The van der Waals surface area contributed by atoms with Crippen molar-refractivity contribution in [3.8, 4) is 0 Å². The third-order valence-corrected chi connectivity index (χ3v) is 4.15. The first kappa shape index (κ1) is 17.3. The Morgan fingerprint density at radius 1 is 1.32 bits per heavy atom. The van der Waals surface area contributed by atoms with Gasteiger partial charge in [0.15, 0.2) is 0 Å². The van der Waals surface area contributed by atoms with Gasteiger partial charge in [0.05, 0.1) is 13.2 Å². The molecule has 0 bridgehead atoms. The summed E-state index contributed by atoms with van der Waals surface area (Å²) < 4.78 is 7.25. The molecule has 3 rings (SSSR count). The largest absolute Gasteiger partial charge is 0.378 e. The molecule has 1 aliphatic rings. The molecule has 7 heteroatoms. The Balaban J connectivity index is 1.47. The van der Waals surface area contributed by atoms with Gasteiger partial charge in [-0.05, 0) is 30.2 Å². The van der Waals surface area contributed by atoms with E-state index in [0.717, 1.165) is 44.2 Å². The molecule has 2 heterocycles. The lowest BCUT2D eigenvalue weighted by molar-refractivity contribution is 0.122. The molecule has 0 radical (unpaired) electrons. The molecule has 25 heavy (non-hydrogen) atoms. The zero-order valence-electron chi connectivity index (χ0n) is 14.5. The molecule has 1 fully saturated rings. The fourth-order valence-corrected chi connectivity index (χ4v) is 2.84. The van der Waals surface area contributed by atoms with E-state index in [0.29, 0.717) is 12.5 Å². The van der Waals surface area contributed by atoms with Gasteiger partial charge in [-0.25, -0.2) is 4.79 Å². The summed E-state index contributed by atoms with van der Waals surface area (Å²) in [6, 6.07) is 9.62. The van der Waals surface area contributed by atoms with E-state index in [1.165, 1.54) is 0 Å². The van der Waals surface area contributed by atoms with Crippen LogP contribution in [0.4, 0.5) is 16.2 Å². The van der Waals surface area contributed by atoms with Gasteiger partial charge in [-0.15, -0.1) is 0 Å². The molecule has 2 aromatic rings. The number of benzene rings is 1. The lowest BCUT2D eigenvalue weighted by atomic mass is 10.2. The number of hydrogen-bond donors (Lipinski definition) is 2. The average molecular weight is 343 g/mol. The summed E-state index contributed by atoms with van der Waals surface area (Å²) >= 11 is 0. The zero-order valence-corrected chi connectivity index (χ0v) is 14.5. The Morgan fingerprint density at radius 3 is 2.92 bits per heavy atom. The molecule has 0 saturated carbocycles. The van der Waals surface area contributed by atoms with Gasteiger partial charge < -0.3 is 20.3 Å². The summed E-state index contributed by atoms with van der Waals surface area (Å²) in [6.45, 7) is 6.69. The molecule has 1 aromatic heterocycles. The van der Waals surface area contributed by atoms with Crippen LogP contribution in [-0.2, 0) is 11.3 Å². The van der Waals surface area contributed by atoms with Crippen LogP contribution in [0.5, 0.6) is 0 Å². The van der Waals surface area contributed by atoms with Crippen molar-refractivity contribution in [2.45, 2.75) is 13.5 Å². The van der Waals surface area contributed by atoms with Crippen molar-refractivity contribution in [3.05, 3.63) is 42.7 Å². The van der Waals surface area contributed by atoms with Crippen molar-refractivity contribution < 1.29 is 9.53 Å². The molecule has 1 unspecified atom stereocenters. The highest BCUT2D eigenvalue weighted by molar-refractivity contribution is 5.89. The molecular weight excluding hydrogens is 318 g/mol. The molecule has 1 saturated heterocycles. The molecule has 1 atom stereocenters. The number of ether oxygens (including phenoxy) is 1. The Morgan fingerprint density at radius 2 is 2.16 bits per heavy atom. The highest BCUT2D eigenvalue weighted by Gasteiger charge is 2.12. The minimum atomic E-state index is -0.188. The molecule has 1 aliphatic heterocycles. The Bertz CT molecular complexity index is 668. The zero-order chi connectivity index (χ0) is 17.5. The van der Waals surface area contributed by atoms with E-state index in [1.54, 1.807) is 6.20 Å². The number of carbonyl (C=O) groups excluding carboxylic acids is 1. The lowest BCUT2D eigenvalue weighted by Gasteiger charge is -2.29. The van der Waals surface area contributed by atoms with Gasteiger partial charge >= 0.3 is 6.03 Å². The Labute approximate surface area is 148 Å². The number of urea groups is 1. The highest BCUT2D eigenvalue weighted by Crippen LogP contribution is 2.20. The maximum absolute atomic E-state index is 12.1. The number of nitrogens with one attached hydrogen (secondary N) is 2. The normalized spacial score (nSPS) is 15.6. The molecule has 0 spiro atoms. The van der Waals surface area contributed by atoms with Crippen molar-refractivity contribution >= 4 is 17.4 Å². The number of amides is 2. The number of hydrogen-bond acceptors (Lipinski definition) is 4. The van der Waals surface area contributed by atoms with Crippen molar-refractivity contribution in [2.75, 3.05) is 43.1 Å². The number of aromatic nitrogens is 2. The molecule has 134 valence electrons. The summed E-state index contributed by atoms with van der Waals surface area (Å²) in [5.74, 6) is 0.297. The third kappa shape index (κ3) is 5.22. The van der Waals surface area contributed by atoms with Crippen LogP contribution >= 0.6 is 0 Å². The van der Waals surface area contributed by atoms with Crippen LogP contribution in [-0.4, -0.2) is 48.7 Å². The fourth-order valence-electron chi connectivity index (χ4n) is 2.84. The van der Waals surface area contributed by atoms with Gasteiger partial charge in [-0.2, -0.15) is 5.10 Å². The summed E-state index contributed by atoms with van der Waals surface area (Å²) in [4.78, 5) is 14.4. The first-order valence-corrected chi connectivity index (χ1v) is 8.66. The van der Waals surface area contributed by atoms with Gasteiger partial charge in [0, 0.05) is 49.9 Å². The number of nitrogens with zero attached hydrogens (tertiary/aromatic N) is 3. The summed E-state index contributed by atoms with van der Waals surface area (Å²) in [6.07, 6.45) is 3.68. The Hall–Kier alpha value is -2.54. The number of rotatable bonds is 6.